The summed E-state index contributed by atoms with van der Waals surface area (Å²) in [7, 11) is 0. The van der Waals surface area contributed by atoms with Crippen LogP contribution < -0.4 is 10.5 Å². The molecule has 1 amide bonds. The molecule has 37 heavy (non-hydrogen) atoms. The fourth-order valence-corrected chi connectivity index (χ4v) is 6.44. The molecule has 2 saturated heterocycles. The van der Waals surface area contributed by atoms with Gasteiger partial charge >= 0.3 is 0 Å². The zero-order chi connectivity index (χ0) is 26.0. The van der Waals surface area contributed by atoms with Gasteiger partial charge in [-0.15, -0.1) is 0 Å². The molecule has 0 aliphatic carbocycles. The van der Waals surface area contributed by atoms with Crippen LogP contribution in [0.15, 0.2) is 34.1 Å². The Kier molecular flexibility index (Phi) is 10.6. The van der Waals surface area contributed by atoms with Crippen LogP contribution in [0.2, 0.25) is 0 Å². The number of piperidine rings is 1. The van der Waals surface area contributed by atoms with Crippen molar-refractivity contribution in [2.75, 3.05) is 24.5 Å². The van der Waals surface area contributed by atoms with Gasteiger partial charge in [0.25, 0.3) is 11.5 Å². The molecule has 2 aromatic rings. The molecule has 2 aromatic heterocycles. The van der Waals surface area contributed by atoms with E-state index < -0.39 is 0 Å². The van der Waals surface area contributed by atoms with E-state index in [1.54, 1.807) is 21.6 Å². The number of fused-ring (bicyclic) bond motifs is 1. The lowest BCUT2D eigenvalue weighted by Crippen LogP contribution is -2.33. The summed E-state index contributed by atoms with van der Waals surface area (Å²) in [5.41, 5.74) is 0.954. The van der Waals surface area contributed by atoms with Gasteiger partial charge in [0.1, 0.15) is 15.8 Å². The molecule has 200 valence electrons. The molecule has 2 fully saturated rings. The van der Waals surface area contributed by atoms with E-state index >= 15 is 0 Å². The molecule has 2 aliphatic rings. The zero-order valence-electron chi connectivity index (χ0n) is 22.1. The normalized spacial score (nSPS) is 17.5. The van der Waals surface area contributed by atoms with Crippen molar-refractivity contribution in [1.82, 2.24) is 14.3 Å². The lowest BCUT2D eigenvalue weighted by atomic mass is 10.1. The molecule has 0 unspecified atom stereocenters. The number of hydrogen-bond acceptors (Lipinski definition) is 6. The molecule has 8 heteroatoms. The number of anilines is 1. The van der Waals surface area contributed by atoms with Crippen LogP contribution in [-0.4, -0.2) is 44.1 Å². The number of thiocarbonyl (C=S) groups is 1. The largest absolute Gasteiger partial charge is 0.356 e. The molecule has 0 radical (unpaired) electrons. The molecular formula is C29H40N4O2S2. The lowest BCUT2D eigenvalue weighted by molar-refractivity contribution is -0.122. The Morgan fingerprint density at radius 3 is 2.32 bits per heavy atom. The second-order valence-corrected chi connectivity index (χ2v) is 11.8. The van der Waals surface area contributed by atoms with Gasteiger partial charge in [0, 0.05) is 25.8 Å². The predicted molar refractivity (Wildman–Crippen MR) is 159 cm³/mol. The summed E-state index contributed by atoms with van der Waals surface area (Å²) in [5.74, 6) is 0.587. The van der Waals surface area contributed by atoms with Crippen molar-refractivity contribution in [3.63, 3.8) is 0 Å². The van der Waals surface area contributed by atoms with Crippen LogP contribution in [0.1, 0.15) is 96.0 Å². The highest BCUT2D eigenvalue weighted by atomic mass is 32.2. The number of amides is 1. The number of aromatic nitrogens is 2. The van der Waals surface area contributed by atoms with Gasteiger partial charge in [-0.25, -0.2) is 4.98 Å². The van der Waals surface area contributed by atoms with Crippen LogP contribution in [0.3, 0.4) is 0 Å². The van der Waals surface area contributed by atoms with Crippen molar-refractivity contribution in [2.45, 2.75) is 90.4 Å². The van der Waals surface area contributed by atoms with E-state index in [0.29, 0.717) is 32.8 Å². The number of unbranched alkanes of at least 4 members (excludes halogenated alkanes) is 9. The number of nitrogens with zero attached hydrogens (tertiary/aromatic N) is 4. The minimum atomic E-state index is -0.147. The van der Waals surface area contributed by atoms with Crippen LogP contribution in [0.4, 0.5) is 5.82 Å². The van der Waals surface area contributed by atoms with Gasteiger partial charge in [0.15, 0.2) is 0 Å². The maximum atomic E-state index is 13.5. The first kappa shape index (κ1) is 27.8. The van der Waals surface area contributed by atoms with E-state index in [9.17, 15) is 9.59 Å². The Morgan fingerprint density at radius 2 is 1.62 bits per heavy atom. The summed E-state index contributed by atoms with van der Waals surface area (Å²) in [5, 5.41) is 0. The van der Waals surface area contributed by atoms with Crippen molar-refractivity contribution in [3.05, 3.63) is 45.2 Å². The minimum absolute atomic E-state index is 0.0897. The summed E-state index contributed by atoms with van der Waals surface area (Å²) in [6, 6.07) is 5.57. The number of hydrogen-bond donors (Lipinski definition) is 0. The lowest BCUT2D eigenvalue weighted by Gasteiger charge is -2.29. The minimum Gasteiger partial charge on any atom is -0.356 e. The predicted octanol–water partition coefficient (Wildman–Crippen LogP) is 6.81. The second-order valence-electron chi connectivity index (χ2n) is 10.1. The Morgan fingerprint density at radius 1 is 0.946 bits per heavy atom. The number of thioether (sulfide) groups is 1. The van der Waals surface area contributed by atoms with E-state index in [0.717, 1.165) is 38.8 Å². The third-order valence-corrected chi connectivity index (χ3v) is 8.67. The van der Waals surface area contributed by atoms with Crippen molar-refractivity contribution in [1.29, 1.82) is 0 Å². The van der Waals surface area contributed by atoms with Crippen molar-refractivity contribution in [2.24, 2.45) is 0 Å². The molecule has 6 nitrogen and oxygen atoms in total. The van der Waals surface area contributed by atoms with Crippen LogP contribution in [0.5, 0.6) is 0 Å². The number of carbonyl (C=O) groups excluding carboxylic acids is 1. The van der Waals surface area contributed by atoms with Crippen LogP contribution in [0, 0.1) is 0 Å². The molecule has 0 N–H and O–H groups in total. The molecule has 0 aromatic carbocycles. The molecule has 0 spiro atoms. The molecular weight excluding hydrogens is 500 g/mol. The van der Waals surface area contributed by atoms with Crippen LogP contribution in [-0.2, 0) is 4.79 Å². The van der Waals surface area contributed by atoms with Gasteiger partial charge in [-0.1, -0.05) is 94.8 Å². The quantitative estimate of drug-likeness (QED) is 0.158. The van der Waals surface area contributed by atoms with Gasteiger partial charge < -0.3 is 4.90 Å². The topological polar surface area (TPSA) is 57.9 Å². The van der Waals surface area contributed by atoms with Crippen molar-refractivity contribution >= 4 is 51.7 Å². The van der Waals surface area contributed by atoms with Crippen LogP contribution >= 0.6 is 24.0 Å². The summed E-state index contributed by atoms with van der Waals surface area (Å²) in [4.78, 5) is 36.1. The van der Waals surface area contributed by atoms with Gasteiger partial charge in [-0.3, -0.25) is 18.9 Å². The van der Waals surface area contributed by atoms with E-state index in [4.69, 9.17) is 17.2 Å². The highest BCUT2D eigenvalue weighted by Gasteiger charge is 2.32. The Hall–Kier alpha value is -2.19. The fraction of sp³-hybridized carbons (Fsp3) is 0.586. The molecule has 0 saturated carbocycles. The van der Waals surface area contributed by atoms with Gasteiger partial charge in [0.2, 0.25) is 0 Å². The molecule has 2 aliphatic heterocycles. The SMILES string of the molecule is CCCCCCCCCCCCN1C(=O)/C(=C\c2c(N3CCCCC3)nc3ccccn3c2=O)SC1=S. The van der Waals surface area contributed by atoms with Gasteiger partial charge in [0.05, 0.1) is 10.5 Å². The highest BCUT2D eigenvalue weighted by Crippen LogP contribution is 2.34. The zero-order valence-corrected chi connectivity index (χ0v) is 23.8. The first-order valence-corrected chi connectivity index (χ1v) is 15.3. The molecule has 0 atom stereocenters. The second kappa shape index (κ2) is 14.1. The summed E-state index contributed by atoms with van der Waals surface area (Å²) >= 11 is 6.87. The molecule has 4 heterocycles. The maximum absolute atomic E-state index is 13.5. The number of rotatable bonds is 13. The summed E-state index contributed by atoms with van der Waals surface area (Å²) < 4.78 is 2.14. The third kappa shape index (κ3) is 7.23. The van der Waals surface area contributed by atoms with E-state index in [1.165, 1.54) is 69.5 Å². The standard InChI is InChI=1S/C29H40N4O2S2/c1-2-3-4-5-6-7-8-9-10-15-21-33-28(35)24(37-29(33)36)22-23-26(31-18-13-11-14-19-31)30-25-17-12-16-20-32(25)27(23)34/h12,16-17,20,22H,2-11,13-15,18-19,21H2,1H3/b24-22+. The Bertz CT molecular complexity index is 1170. The monoisotopic (exact) mass is 540 g/mol. The average molecular weight is 541 g/mol. The van der Waals surface area contributed by atoms with Crippen LogP contribution in [0.25, 0.3) is 11.7 Å². The van der Waals surface area contributed by atoms with E-state index in [2.05, 4.69) is 11.8 Å². The smallest absolute Gasteiger partial charge is 0.267 e. The Labute approximate surface area is 230 Å². The molecule has 4 rings (SSSR count). The van der Waals surface area contributed by atoms with E-state index in [1.807, 2.05) is 18.2 Å². The first-order chi connectivity index (χ1) is 18.1. The highest BCUT2D eigenvalue weighted by molar-refractivity contribution is 8.26. The van der Waals surface area contributed by atoms with E-state index in [-0.39, 0.29) is 11.5 Å². The fourth-order valence-electron chi connectivity index (χ4n) is 5.15. The Balaban J connectivity index is 1.40. The first-order valence-electron chi connectivity index (χ1n) is 14.1. The van der Waals surface area contributed by atoms with Gasteiger partial charge in [-0.05, 0) is 43.9 Å². The van der Waals surface area contributed by atoms with Crippen molar-refractivity contribution < 1.29 is 4.79 Å². The molecule has 0 bridgehead atoms. The third-order valence-electron chi connectivity index (χ3n) is 7.29. The number of carbonyl (C=O) groups is 1. The number of pyridine rings is 1. The maximum Gasteiger partial charge on any atom is 0.267 e. The summed E-state index contributed by atoms with van der Waals surface area (Å²) in [6.45, 7) is 4.64. The van der Waals surface area contributed by atoms with Crippen molar-refractivity contribution in [3.8, 4) is 0 Å². The average Bonchev–Trinajstić information content (AvgIpc) is 3.19. The summed E-state index contributed by atoms with van der Waals surface area (Å²) in [6.07, 6.45) is 19.4. The van der Waals surface area contributed by atoms with Gasteiger partial charge in [-0.2, -0.15) is 0 Å².